The number of hydrogen-bond donors (Lipinski definition) is 1. The molecular formula is C21H18N4O2. The van der Waals surface area contributed by atoms with Gasteiger partial charge in [0.05, 0.1) is 11.5 Å². The monoisotopic (exact) mass is 358 g/mol. The fraction of sp³-hybridized carbons (Fsp3) is 0.190. The third-order valence-corrected chi connectivity index (χ3v) is 5.12. The maximum Gasteiger partial charge on any atom is 0.256 e. The van der Waals surface area contributed by atoms with Crippen LogP contribution in [0.3, 0.4) is 0 Å². The first-order valence-corrected chi connectivity index (χ1v) is 9.04. The van der Waals surface area contributed by atoms with Gasteiger partial charge < -0.3 is 14.4 Å². The number of nitrogens with one attached hydrogen (secondary N) is 1. The van der Waals surface area contributed by atoms with Crippen LogP contribution in [0.5, 0.6) is 0 Å². The van der Waals surface area contributed by atoms with E-state index in [4.69, 9.17) is 4.52 Å². The van der Waals surface area contributed by atoms with Crippen molar-refractivity contribution in [3.05, 3.63) is 72.2 Å². The van der Waals surface area contributed by atoms with Crippen molar-refractivity contribution in [3.8, 4) is 11.4 Å². The van der Waals surface area contributed by atoms with Gasteiger partial charge in [-0.05, 0) is 12.5 Å². The molecule has 0 bridgehead atoms. The number of carbonyl (C=O) groups is 1. The standard InChI is InChI=1S/C21H18N4O2/c26-21(17-12-22-18-9-5-4-8-16(17)18)25-11-10-15(13-25)20-23-19(24-27-20)14-6-2-1-3-7-14/h1-9,12,15,22H,10-11,13H2/t15-/m0/s1. The summed E-state index contributed by atoms with van der Waals surface area (Å²) < 4.78 is 5.49. The number of fused-ring (bicyclic) bond motifs is 1. The van der Waals surface area contributed by atoms with Crippen LogP contribution in [-0.2, 0) is 0 Å². The van der Waals surface area contributed by atoms with E-state index in [1.165, 1.54) is 0 Å². The highest BCUT2D eigenvalue weighted by atomic mass is 16.5. The number of H-pyrrole nitrogens is 1. The molecule has 4 aromatic rings. The molecule has 0 aliphatic carbocycles. The Hall–Kier alpha value is -3.41. The number of aromatic amines is 1. The summed E-state index contributed by atoms with van der Waals surface area (Å²) >= 11 is 0. The van der Waals surface area contributed by atoms with Crippen LogP contribution >= 0.6 is 0 Å². The number of aromatic nitrogens is 3. The SMILES string of the molecule is O=C(c1c[nH]c2ccccc12)N1CC[C@H](c2nc(-c3ccccc3)no2)C1. The Morgan fingerprint density at radius 1 is 1.11 bits per heavy atom. The normalized spacial score (nSPS) is 16.9. The number of likely N-dealkylation sites (tertiary alicyclic amines) is 1. The van der Waals surface area contributed by atoms with Crippen molar-refractivity contribution < 1.29 is 9.32 Å². The second kappa shape index (κ2) is 6.39. The maximum atomic E-state index is 13.0. The quantitative estimate of drug-likeness (QED) is 0.604. The topological polar surface area (TPSA) is 75.0 Å². The minimum Gasteiger partial charge on any atom is -0.360 e. The fourth-order valence-electron chi connectivity index (χ4n) is 3.67. The van der Waals surface area contributed by atoms with Gasteiger partial charge in [0, 0.05) is 35.8 Å². The molecule has 2 aromatic heterocycles. The molecule has 5 rings (SSSR count). The van der Waals surface area contributed by atoms with Crippen molar-refractivity contribution in [3.63, 3.8) is 0 Å². The molecule has 6 heteroatoms. The molecule has 1 saturated heterocycles. The Morgan fingerprint density at radius 2 is 1.93 bits per heavy atom. The summed E-state index contributed by atoms with van der Waals surface area (Å²) in [4.78, 5) is 22.5. The van der Waals surface area contributed by atoms with E-state index in [-0.39, 0.29) is 11.8 Å². The Labute approximate surface area is 155 Å². The molecule has 1 amide bonds. The number of para-hydroxylation sites is 1. The lowest BCUT2D eigenvalue weighted by atomic mass is 10.1. The van der Waals surface area contributed by atoms with Gasteiger partial charge in [0.1, 0.15) is 0 Å². The predicted octanol–water partition coefficient (Wildman–Crippen LogP) is 3.85. The van der Waals surface area contributed by atoms with Crippen LogP contribution in [0.25, 0.3) is 22.3 Å². The third kappa shape index (κ3) is 2.79. The molecule has 1 aliphatic heterocycles. The molecule has 0 radical (unpaired) electrons. The zero-order valence-electron chi connectivity index (χ0n) is 14.6. The first-order chi connectivity index (χ1) is 13.3. The Morgan fingerprint density at radius 3 is 2.81 bits per heavy atom. The van der Waals surface area contributed by atoms with Crippen molar-refractivity contribution in [1.29, 1.82) is 0 Å². The first-order valence-electron chi connectivity index (χ1n) is 9.04. The van der Waals surface area contributed by atoms with E-state index < -0.39 is 0 Å². The van der Waals surface area contributed by atoms with E-state index in [0.717, 1.165) is 22.9 Å². The molecule has 0 unspecified atom stereocenters. The third-order valence-electron chi connectivity index (χ3n) is 5.12. The van der Waals surface area contributed by atoms with Crippen molar-refractivity contribution >= 4 is 16.8 Å². The van der Waals surface area contributed by atoms with Crippen molar-refractivity contribution in [2.75, 3.05) is 13.1 Å². The van der Waals surface area contributed by atoms with Gasteiger partial charge in [0.15, 0.2) is 0 Å². The summed E-state index contributed by atoms with van der Waals surface area (Å²) in [7, 11) is 0. The highest BCUT2D eigenvalue weighted by Gasteiger charge is 2.32. The average molecular weight is 358 g/mol. The summed E-state index contributed by atoms with van der Waals surface area (Å²) in [5.41, 5.74) is 2.61. The van der Waals surface area contributed by atoms with E-state index in [1.54, 1.807) is 6.20 Å². The number of hydrogen-bond acceptors (Lipinski definition) is 4. The van der Waals surface area contributed by atoms with Gasteiger partial charge >= 0.3 is 0 Å². The molecule has 27 heavy (non-hydrogen) atoms. The summed E-state index contributed by atoms with van der Waals surface area (Å²) in [6, 6.07) is 17.6. The highest BCUT2D eigenvalue weighted by molar-refractivity contribution is 6.06. The zero-order valence-corrected chi connectivity index (χ0v) is 14.6. The Balaban J connectivity index is 1.34. The molecule has 2 aromatic carbocycles. The minimum atomic E-state index is 0.0396. The van der Waals surface area contributed by atoms with Crippen LogP contribution in [-0.4, -0.2) is 39.0 Å². The molecule has 0 spiro atoms. The lowest BCUT2D eigenvalue weighted by molar-refractivity contribution is 0.0791. The van der Waals surface area contributed by atoms with Crippen LogP contribution in [0.15, 0.2) is 65.3 Å². The average Bonchev–Trinajstić information content (AvgIpc) is 3.46. The van der Waals surface area contributed by atoms with E-state index in [0.29, 0.717) is 30.4 Å². The second-order valence-electron chi connectivity index (χ2n) is 6.81. The van der Waals surface area contributed by atoms with E-state index in [1.807, 2.05) is 59.5 Å². The molecule has 0 saturated carbocycles. The maximum absolute atomic E-state index is 13.0. The Bertz CT molecular complexity index is 1100. The molecule has 1 atom stereocenters. The van der Waals surface area contributed by atoms with Crippen LogP contribution in [0.1, 0.15) is 28.6 Å². The van der Waals surface area contributed by atoms with Gasteiger partial charge in [-0.15, -0.1) is 0 Å². The lowest BCUT2D eigenvalue weighted by Gasteiger charge is -2.15. The molecule has 6 nitrogen and oxygen atoms in total. The number of amides is 1. The smallest absolute Gasteiger partial charge is 0.256 e. The van der Waals surface area contributed by atoms with Crippen LogP contribution < -0.4 is 0 Å². The zero-order chi connectivity index (χ0) is 18.2. The van der Waals surface area contributed by atoms with Crippen LogP contribution in [0.2, 0.25) is 0 Å². The molecule has 3 heterocycles. The van der Waals surface area contributed by atoms with Gasteiger partial charge in [0.2, 0.25) is 11.7 Å². The number of carbonyl (C=O) groups excluding carboxylic acids is 1. The van der Waals surface area contributed by atoms with Gasteiger partial charge in [-0.25, -0.2) is 0 Å². The van der Waals surface area contributed by atoms with Crippen LogP contribution in [0, 0.1) is 0 Å². The molecule has 1 aliphatic rings. The van der Waals surface area contributed by atoms with Gasteiger partial charge in [0.25, 0.3) is 5.91 Å². The molecular weight excluding hydrogens is 340 g/mol. The van der Waals surface area contributed by atoms with Crippen molar-refractivity contribution in [2.24, 2.45) is 0 Å². The van der Waals surface area contributed by atoms with E-state index >= 15 is 0 Å². The van der Waals surface area contributed by atoms with Gasteiger partial charge in [-0.2, -0.15) is 4.98 Å². The first kappa shape index (κ1) is 15.8. The number of rotatable bonds is 3. The molecule has 134 valence electrons. The minimum absolute atomic E-state index is 0.0396. The molecule has 1 fully saturated rings. The van der Waals surface area contributed by atoms with Gasteiger partial charge in [-0.3, -0.25) is 4.79 Å². The largest absolute Gasteiger partial charge is 0.360 e. The summed E-state index contributed by atoms with van der Waals surface area (Å²) in [6.07, 6.45) is 2.62. The fourth-order valence-corrected chi connectivity index (χ4v) is 3.67. The van der Waals surface area contributed by atoms with Crippen molar-refractivity contribution in [1.82, 2.24) is 20.0 Å². The Kier molecular flexibility index (Phi) is 3.74. The molecule has 1 N–H and O–H groups in total. The van der Waals surface area contributed by atoms with Gasteiger partial charge in [-0.1, -0.05) is 53.7 Å². The predicted molar refractivity (Wildman–Crippen MR) is 101 cm³/mol. The van der Waals surface area contributed by atoms with Crippen LogP contribution in [0.4, 0.5) is 0 Å². The summed E-state index contributed by atoms with van der Waals surface area (Å²) in [5, 5.41) is 5.05. The van der Waals surface area contributed by atoms with E-state index in [9.17, 15) is 4.79 Å². The van der Waals surface area contributed by atoms with E-state index in [2.05, 4.69) is 15.1 Å². The number of benzene rings is 2. The summed E-state index contributed by atoms with van der Waals surface area (Å²) in [6.45, 7) is 1.28. The highest BCUT2D eigenvalue weighted by Crippen LogP contribution is 2.30. The lowest BCUT2D eigenvalue weighted by Crippen LogP contribution is -2.28. The summed E-state index contributed by atoms with van der Waals surface area (Å²) in [5.74, 6) is 1.30. The van der Waals surface area contributed by atoms with Crippen molar-refractivity contribution in [2.45, 2.75) is 12.3 Å². The number of nitrogens with zero attached hydrogens (tertiary/aromatic N) is 3. The second-order valence-corrected chi connectivity index (χ2v) is 6.81.